The van der Waals surface area contributed by atoms with E-state index in [-0.39, 0.29) is 25.6 Å². The van der Waals surface area contributed by atoms with Crippen molar-refractivity contribution in [2.75, 3.05) is 47.5 Å². The molecule has 0 fully saturated rings. The van der Waals surface area contributed by atoms with Crippen molar-refractivity contribution in [2.45, 2.75) is 386 Å². The van der Waals surface area contributed by atoms with E-state index in [1.165, 1.54) is 276 Å². The molecule has 2 atom stereocenters. The van der Waals surface area contributed by atoms with Crippen molar-refractivity contribution in [1.82, 2.24) is 0 Å². The maximum atomic E-state index is 12.9. The average Bonchev–Trinajstić information content (AvgIpc) is 3.69. The molecule has 0 aliphatic carbocycles. The molecule has 0 saturated heterocycles. The van der Waals surface area contributed by atoms with Crippen molar-refractivity contribution >= 4 is 19.8 Å². The highest BCUT2D eigenvalue weighted by Gasteiger charge is 2.27. The van der Waals surface area contributed by atoms with Gasteiger partial charge in [-0.3, -0.25) is 18.6 Å². The number of unbranched alkanes of at least 4 members (excludes halogenated alkanes) is 47. The molecule has 0 aliphatic rings. The van der Waals surface area contributed by atoms with Crippen LogP contribution in [0.15, 0.2) is 72.9 Å². The Labute approximate surface area is 565 Å². The van der Waals surface area contributed by atoms with Crippen molar-refractivity contribution in [1.29, 1.82) is 0 Å². The molecular weight excluding hydrogens is 1150 g/mol. The van der Waals surface area contributed by atoms with Crippen LogP contribution in [0.1, 0.15) is 380 Å². The number of phosphoric acid groups is 1. The summed E-state index contributed by atoms with van der Waals surface area (Å²) in [6.45, 7) is 4.39. The second-order valence-corrected chi connectivity index (χ2v) is 29.2. The second kappa shape index (κ2) is 71.7. The van der Waals surface area contributed by atoms with Crippen LogP contribution in [0.3, 0.4) is 0 Å². The molecule has 0 amide bonds. The highest BCUT2D eigenvalue weighted by Crippen LogP contribution is 2.43. The Kier molecular flexibility index (Phi) is 69.7. The van der Waals surface area contributed by atoms with E-state index in [9.17, 15) is 19.0 Å². The number of phosphoric ester groups is 1. The first kappa shape index (κ1) is 88.5. The van der Waals surface area contributed by atoms with Crippen molar-refractivity contribution in [3.63, 3.8) is 0 Å². The van der Waals surface area contributed by atoms with Gasteiger partial charge in [0.1, 0.15) is 19.8 Å². The van der Waals surface area contributed by atoms with E-state index in [1.54, 1.807) is 0 Å². The lowest BCUT2D eigenvalue weighted by atomic mass is 10.0. The number of carbonyl (C=O) groups is 2. The third-order valence-corrected chi connectivity index (χ3v) is 18.5. The Morgan fingerprint density at radius 2 is 0.626 bits per heavy atom. The van der Waals surface area contributed by atoms with Crippen LogP contribution in [-0.2, 0) is 32.7 Å². The number of esters is 2. The summed E-state index contributed by atoms with van der Waals surface area (Å²) in [6, 6.07) is 0. The summed E-state index contributed by atoms with van der Waals surface area (Å²) < 4.78 is 34.8. The SMILES string of the molecule is CC/C=C\C/C=C\C/C=C\C/C=C\C/C=C\C/C=C\CCCCCCCCCCCCCCCCCCCCC(=O)OC(COC(=O)CCCCCCCCCCCCCCCCCCCCCCCCCCCCCCCC)COP(=O)(O)OCC[N+](C)(C)C. The smallest absolute Gasteiger partial charge is 0.462 e. The van der Waals surface area contributed by atoms with Crippen LogP contribution in [0.5, 0.6) is 0 Å². The predicted molar refractivity (Wildman–Crippen MR) is 395 cm³/mol. The number of carbonyl (C=O) groups excluding carboxylic acids is 2. The molecule has 9 nitrogen and oxygen atoms in total. The molecule has 532 valence electrons. The molecule has 0 bridgehead atoms. The predicted octanol–water partition coefficient (Wildman–Crippen LogP) is 25.9. The Bertz CT molecular complexity index is 1770. The van der Waals surface area contributed by atoms with Crippen LogP contribution < -0.4 is 0 Å². The molecule has 0 radical (unpaired) electrons. The Morgan fingerprint density at radius 3 is 0.934 bits per heavy atom. The van der Waals surface area contributed by atoms with Gasteiger partial charge in [0, 0.05) is 12.8 Å². The van der Waals surface area contributed by atoms with Crippen LogP contribution in [-0.4, -0.2) is 74.9 Å². The average molecular weight is 1300 g/mol. The summed E-state index contributed by atoms with van der Waals surface area (Å²) in [4.78, 5) is 36.0. The fraction of sp³-hybridized carbons (Fsp3) is 0.827. The Balaban J connectivity index is 3.94. The number of ether oxygens (including phenoxy) is 2. The minimum absolute atomic E-state index is 0.0332. The summed E-state index contributed by atoms with van der Waals surface area (Å²) in [5.41, 5.74) is 0. The van der Waals surface area contributed by atoms with Gasteiger partial charge in [-0.25, -0.2) is 4.57 Å². The molecule has 0 aromatic carbocycles. The third-order valence-electron chi connectivity index (χ3n) is 17.5. The number of hydrogen-bond acceptors (Lipinski definition) is 7. The number of likely N-dealkylation sites (N-methyl/N-ethyl adjacent to an activating group) is 1. The molecule has 0 heterocycles. The zero-order chi connectivity index (χ0) is 66.2. The normalized spacial score (nSPS) is 13.4. The maximum absolute atomic E-state index is 12.9. The standard InChI is InChI=1S/C81H150NO8P/c1-6-8-10-12-14-16-18-20-22-24-26-28-30-32-34-36-38-39-40-41-42-43-44-46-48-50-52-54-56-58-60-62-64-66-68-70-72-74-81(84)90-79(78-89-91(85,86)88-76-75-82(3,4)5)77-87-80(83)73-71-69-67-65-63-61-59-57-55-53-51-49-47-45-37-35-33-31-29-27-25-23-21-19-17-15-13-11-9-7-2/h8,10,14,16,20,22,26,28,32,34,38-39,79H,6-7,9,11-13,15,17-19,21,23-25,27,29-31,33,35-37,40-78H2,1-5H3/p+1/b10-8-,16-14-,22-20-,28-26-,34-32-,39-38-. The zero-order valence-electron chi connectivity index (χ0n) is 60.8. The summed E-state index contributed by atoms with van der Waals surface area (Å²) in [6.07, 6.45) is 97.6. The summed E-state index contributed by atoms with van der Waals surface area (Å²) in [5.74, 6) is -0.776. The van der Waals surface area contributed by atoms with Crippen molar-refractivity contribution in [3.05, 3.63) is 72.9 Å². The van der Waals surface area contributed by atoms with Crippen molar-refractivity contribution < 1.29 is 42.1 Å². The minimum Gasteiger partial charge on any atom is -0.462 e. The van der Waals surface area contributed by atoms with E-state index in [0.717, 1.165) is 70.6 Å². The number of nitrogens with zero attached hydrogens (tertiary/aromatic N) is 1. The van der Waals surface area contributed by atoms with E-state index in [0.29, 0.717) is 23.9 Å². The van der Waals surface area contributed by atoms with Gasteiger partial charge >= 0.3 is 19.8 Å². The molecular formula is C81H151NO8P+. The van der Waals surface area contributed by atoms with Gasteiger partial charge in [-0.15, -0.1) is 0 Å². The molecule has 10 heteroatoms. The molecule has 91 heavy (non-hydrogen) atoms. The molecule has 0 spiro atoms. The first-order valence-electron chi connectivity index (χ1n) is 39.2. The van der Waals surface area contributed by atoms with Crippen LogP contribution in [0, 0.1) is 0 Å². The first-order valence-corrected chi connectivity index (χ1v) is 40.7. The van der Waals surface area contributed by atoms with E-state index < -0.39 is 26.5 Å². The van der Waals surface area contributed by atoms with Gasteiger partial charge in [0.2, 0.25) is 0 Å². The lowest BCUT2D eigenvalue weighted by molar-refractivity contribution is -0.870. The van der Waals surface area contributed by atoms with Gasteiger partial charge in [0.05, 0.1) is 27.7 Å². The summed E-state index contributed by atoms with van der Waals surface area (Å²) in [7, 11) is 1.49. The van der Waals surface area contributed by atoms with Crippen LogP contribution in [0.25, 0.3) is 0 Å². The van der Waals surface area contributed by atoms with Crippen LogP contribution >= 0.6 is 7.82 Å². The highest BCUT2D eigenvalue weighted by molar-refractivity contribution is 7.47. The van der Waals surface area contributed by atoms with E-state index in [2.05, 4.69) is 86.8 Å². The van der Waals surface area contributed by atoms with Crippen LogP contribution in [0.2, 0.25) is 0 Å². The molecule has 0 aliphatic heterocycles. The lowest BCUT2D eigenvalue weighted by Gasteiger charge is -2.24. The number of quaternary nitrogens is 1. The van der Waals surface area contributed by atoms with E-state index in [4.69, 9.17) is 18.5 Å². The number of rotatable bonds is 73. The van der Waals surface area contributed by atoms with Crippen molar-refractivity contribution in [2.24, 2.45) is 0 Å². The van der Waals surface area contributed by atoms with Gasteiger partial charge in [-0.1, -0.05) is 376 Å². The molecule has 0 rings (SSSR count). The van der Waals surface area contributed by atoms with Gasteiger partial charge in [-0.2, -0.15) is 0 Å². The Morgan fingerprint density at radius 1 is 0.352 bits per heavy atom. The summed E-state index contributed by atoms with van der Waals surface area (Å²) in [5, 5.41) is 0. The van der Waals surface area contributed by atoms with Crippen LogP contribution in [0.4, 0.5) is 0 Å². The third kappa shape index (κ3) is 76.4. The minimum atomic E-state index is -4.39. The zero-order valence-corrected chi connectivity index (χ0v) is 61.7. The van der Waals surface area contributed by atoms with Crippen molar-refractivity contribution in [3.8, 4) is 0 Å². The van der Waals surface area contributed by atoms with Gasteiger partial charge in [-0.05, 0) is 64.2 Å². The molecule has 0 aromatic heterocycles. The molecule has 0 saturated carbocycles. The first-order chi connectivity index (χ1) is 44.5. The second-order valence-electron chi connectivity index (χ2n) is 27.7. The van der Waals surface area contributed by atoms with Gasteiger partial charge < -0.3 is 18.9 Å². The topological polar surface area (TPSA) is 108 Å². The monoisotopic (exact) mass is 1300 g/mol. The Hall–Kier alpha value is -2.55. The fourth-order valence-corrected chi connectivity index (χ4v) is 12.3. The van der Waals surface area contributed by atoms with Gasteiger partial charge in [0.25, 0.3) is 0 Å². The molecule has 2 unspecified atom stereocenters. The van der Waals surface area contributed by atoms with E-state index >= 15 is 0 Å². The van der Waals surface area contributed by atoms with E-state index in [1.807, 2.05) is 21.1 Å². The quantitative estimate of drug-likeness (QED) is 0.0211. The highest BCUT2D eigenvalue weighted by atomic mass is 31.2. The fourth-order valence-electron chi connectivity index (χ4n) is 11.6. The number of allylic oxidation sites excluding steroid dienone is 12. The molecule has 0 aromatic rings. The number of hydrogen-bond donors (Lipinski definition) is 1. The molecule has 1 N–H and O–H groups in total. The maximum Gasteiger partial charge on any atom is 0.472 e. The van der Waals surface area contributed by atoms with Gasteiger partial charge in [0.15, 0.2) is 6.10 Å². The largest absolute Gasteiger partial charge is 0.472 e. The summed E-state index contributed by atoms with van der Waals surface area (Å²) >= 11 is 0. The lowest BCUT2D eigenvalue weighted by Crippen LogP contribution is -2.37.